The molecule has 1 aliphatic carbocycles. The summed E-state index contributed by atoms with van der Waals surface area (Å²) in [5.41, 5.74) is 9.03. The third-order valence-electron chi connectivity index (χ3n) is 4.07. The SMILES string of the molecule is CC1(C)Cc2nc(Cc3ccccc3F)ncc2C(N)C1. The number of halogens is 1. The van der Waals surface area contributed by atoms with E-state index in [9.17, 15) is 4.39 Å². The summed E-state index contributed by atoms with van der Waals surface area (Å²) in [6.45, 7) is 4.41. The average molecular weight is 285 g/mol. The summed E-state index contributed by atoms with van der Waals surface area (Å²) < 4.78 is 13.7. The smallest absolute Gasteiger partial charge is 0.133 e. The zero-order valence-corrected chi connectivity index (χ0v) is 12.4. The molecule has 1 atom stereocenters. The van der Waals surface area contributed by atoms with Crippen LogP contribution in [0.1, 0.15) is 49.0 Å². The molecule has 2 aromatic rings. The molecule has 0 aliphatic heterocycles. The Hall–Kier alpha value is -1.81. The van der Waals surface area contributed by atoms with Crippen molar-refractivity contribution in [1.82, 2.24) is 9.97 Å². The molecule has 0 spiro atoms. The first-order valence-electron chi connectivity index (χ1n) is 7.28. The number of rotatable bonds is 2. The predicted molar refractivity (Wildman–Crippen MR) is 80.3 cm³/mol. The van der Waals surface area contributed by atoms with Gasteiger partial charge in [-0.15, -0.1) is 0 Å². The summed E-state index contributed by atoms with van der Waals surface area (Å²) in [4.78, 5) is 9.01. The van der Waals surface area contributed by atoms with Gasteiger partial charge in [-0.25, -0.2) is 14.4 Å². The maximum Gasteiger partial charge on any atom is 0.133 e. The van der Waals surface area contributed by atoms with Crippen molar-refractivity contribution in [2.75, 3.05) is 0 Å². The van der Waals surface area contributed by atoms with Crippen LogP contribution in [0, 0.1) is 11.2 Å². The first kappa shape index (κ1) is 14.1. The zero-order valence-electron chi connectivity index (χ0n) is 12.4. The lowest BCUT2D eigenvalue weighted by atomic mass is 9.74. The molecule has 1 heterocycles. The molecule has 4 heteroatoms. The van der Waals surface area contributed by atoms with Crippen LogP contribution in [0.5, 0.6) is 0 Å². The zero-order chi connectivity index (χ0) is 15.0. The van der Waals surface area contributed by atoms with Gasteiger partial charge in [-0.1, -0.05) is 32.0 Å². The molecule has 1 aromatic carbocycles. The Morgan fingerprint density at radius 2 is 2.10 bits per heavy atom. The minimum absolute atomic E-state index is 0.00809. The number of hydrogen-bond donors (Lipinski definition) is 1. The molecule has 0 fully saturated rings. The second kappa shape index (κ2) is 5.19. The molecular weight excluding hydrogens is 265 g/mol. The Kier molecular flexibility index (Phi) is 3.49. The number of fused-ring (bicyclic) bond motifs is 1. The van der Waals surface area contributed by atoms with E-state index in [0.717, 1.165) is 24.1 Å². The Morgan fingerprint density at radius 3 is 2.86 bits per heavy atom. The molecule has 0 saturated heterocycles. The van der Waals surface area contributed by atoms with E-state index >= 15 is 0 Å². The summed E-state index contributed by atoms with van der Waals surface area (Å²) in [6.07, 6.45) is 4.06. The molecule has 3 nitrogen and oxygen atoms in total. The van der Waals surface area contributed by atoms with Crippen LogP contribution in [-0.4, -0.2) is 9.97 Å². The standard InChI is InChI=1S/C17H20FN3/c1-17(2)8-14(19)12-10-20-16(21-15(12)9-17)7-11-5-3-4-6-13(11)18/h3-6,10,14H,7-9,19H2,1-2H3. The Bertz CT molecular complexity index is 667. The van der Waals surface area contributed by atoms with E-state index in [1.54, 1.807) is 12.1 Å². The quantitative estimate of drug-likeness (QED) is 0.922. The maximum absolute atomic E-state index is 13.7. The van der Waals surface area contributed by atoms with E-state index in [2.05, 4.69) is 23.8 Å². The highest BCUT2D eigenvalue weighted by Crippen LogP contribution is 2.38. The van der Waals surface area contributed by atoms with Crippen LogP contribution in [0.4, 0.5) is 4.39 Å². The van der Waals surface area contributed by atoms with Crippen molar-refractivity contribution >= 4 is 0 Å². The fourth-order valence-electron chi connectivity index (χ4n) is 3.05. The fraction of sp³-hybridized carbons (Fsp3) is 0.412. The van der Waals surface area contributed by atoms with Crippen LogP contribution in [0.25, 0.3) is 0 Å². The van der Waals surface area contributed by atoms with Gasteiger partial charge in [0.25, 0.3) is 0 Å². The van der Waals surface area contributed by atoms with Crippen LogP contribution in [0.3, 0.4) is 0 Å². The van der Waals surface area contributed by atoms with Gasteiger partial charge >= 0.3 is 0 Å². The second-order valence-electron chi connectivity index (χ2n) is 6.61. The van der Waals surface area contributed by atoms with Gasteiger partial charge in [0.05, 0.1) is 0 Å². The topological polar surface area (TPSA) is 51.8 Å². The van der Waals surface area contributed by atoms with Crippen molar-refractivity contribution in [2.45, 2.75) is 39.2 Å². The lowest BCUT2D eigenvalue weighted by Gasteiger charge is -2.34. The largest absolute Gasteiger partial charge is 0.324 e. The Labute approximate surface area is 124 Å². The normalized spacial score (nSPS) is 20.1. The van der Waals surface area contributed by atoms with Crippen molar-refractivity contribution in [3.05, 3.63) is 58.9 Å². The Morgan fingerprint density at radius 1 is 1.33 bits per heavy atom. The van der Waals surface area contributed by atoms with Crippen LogP contribution >= 0.6 is 0 Å². The van der Waals surface area contributed by atoms with Crippen LogP contribution in [0.2, 0.25) is 0 Å². The fourth-order valence-corrected chi connectivity index (χ4v) is 3.05. The third kappa shape index (κ3) is 2.95. The highest BCUT2D eigenvalue weighted by atomic mass is 19.1. The van der Waals surface area contributed by atoms with Crippen molar-refractivity contribution in [3.8, 4) is 0 Å². The van der Waals surface area contributed by atoms with Gasteiger partial charge in [0.15, 0.2) is 0 Å². The molecule has 21 heavy (non-hydrogen) atoms. The van der Waals surface area contributed by atoms with Gasteiger partial charge in [0, 0.05) is 29.9 Å². The molecule has 1 aromatic heterocycles. The minimum Gasteiger partial charge on any atom is -0.324 e. The minimum atomic E-state index is -0.212. The lowest BCUT2D eigenvalue weighted by molar-refractivity contribution is 0.277. The van der Waals surface area contributed by atoms with Crippen molar-refractivity contribution in [2.24, 2.45) is 11.1 Å². The first-order chi connectivity index (χ1) is 9.94. The van der Waals surface area contributed by atoms with Crippen LogP contribution < -0.4 is 5.73 Å². The van der Waals surface area contributed by atoms with Gasteiger partial charge in [0.2, 0.25) is 0 Å². The molecule has 1 aliphatic rings. The highest BCUT2D eigenvalue weighted by molar-refractivity contribution is 5.28. The number of nitrogens with two attached hydrogens (primary N) is 1. The number of aromatic nitrogens is 2. The Balaban J connectivity index is 1.91. The summed E-state index contributed by atoms with van der Waals surface area (Å²) in [6, 6.07) is 6.75. The molecule has 0 saturated carbocycles. The van der Waals surface area contributed by atoms with Crippen LogP contribution in [0.15, 0.2) is 30.5 Å². The number of benzene rings is 1. The van der Waals surface area contributed by atoms with Gasteiger partial charge < -0.3 is 5.73 Å². The van der Waals surface area contributed by atoms with Gasteiger partial charge in [-0.05, 0) is 29.9 Å². The van der Waals surface area contributed by atoms with E-state index in [4.69, 9.17) is 5.73 Å². The monoisotopic (exact) mass is 285 g/mol. The summed E-state index contributed by atoms with van der Waals surface area (Å²) in [5.74, 6) is 0.444. The molecule has 110 valence electrons. The van der Waals surface area contributed by atoms with E-state index in [1.807, 2.05) is 12.3 Å². The van der Waals surface area contributed by atoms with Crippen molar-refractivity contribution in [3.63, 3.8) is 0 Å². The van der Waals surface area contributed by atoms with E-state index < -0.39 is 0 Å². The van der Waals surface area contributed by atoms with Crippen molar-refractivity contribution in [1.29, 1.82) is 0 Å². The number of hydrogen-bond acceptors (Lipinski definition) is 3. The average Bonchev–Trinajstić information content (AvgIpc) is 2.39. The molecular formula is C17H20FN3. The van der Waals surface area contributed by atoms with E-state index in [-0.39, 0.29) is 17.3 Å². The van der Waals surface area contributed by atoms with Gasteiger partial charge in [-0.2, -0.15) is 0 Å². The predicted octanol–water partition coefficient (Wildman–Crippen LogP) is 3.18. The van der Waals surface area contributed by atoms with E-state index in [1.165, 1.54) is 6.07 Å². The van der Waals surface area contributed by atoms with Crippen molar-refractivity contribution < 1.29 is 4.39 Å². The third-order valence-corrected chi connectivity index (χ3v) is 4.07. The summed E-state index contributed by atoms with van der Waals surface area (Å²) >= 11 is 0. The van der Waals surface area contributed by atoms with Gasteiger partial charge in [0.1, 0.15) is 11.6 Å². The number of nitrogens with zero attached hydrogens (tertiary/aromatic N) is 2. The molecule has 0 radical (unpaired) electrons. The molecule has 1 unspecified atom stereocenters. The van der Waals surface area contributed by atoms with Crippen LogP contribution in [-0.2, 0) is 12.8 Å². The molecule has 0 amide bonds. The lowest BCUT2D eigenvalue weighted by Crippen LogP contribution is -2.31. The highest BCUT2D eigenvalue weighted by Gasteiger charge is 2.31. The van der Waals surface area contributed by atoms with Gasteiger partial charge in [-0.3, -0.25) is 0 Å². The molecule has 2 N–H and O–H groups in total. The summed E-state index contributed by atoms with van der Waals surface area (Å²) in [5, 5.41) is 0. The van der Waals surface area contributed by atoms with E-state index in [0.29, 0.717) is 17.8 Å². The first-order valence-corrected chi connectivity index (χ1v) is 7.28. The molecule has 3 rings (SSSR count). The maximum atomic E-state index is 13.7. The second-order valence-corrected chi connectivity index (χ2v) is 6.61. The summed E-state index contributed by atoms with van der Waals surface area (Å²) in [7, 11) is 0. The molecule has 0 bridgehead atoms.